The second-order valence-corrected chi connectivity index (χ2v) is 7.14. The molecule has 7 nitrogen and oxygen atoms in total. The Morgan fingerprint density at radius 2 is 2.29 bits per heavy atom. The molecule has 1 saturated heterocycles. The third-order valence-corrected chi connectivity index (χ3v) is 5.15. The van der Waals surface area contributed by atoms with Gasteiger partial charge in [-0.15, -0.1) is 0 Å². The van der Waals surface area contributed by atoms with Gasteiger partial charge in [-0.25, -0.2) is 14.0 Å². The maximum atomic E-state index is 13.2. The van der Waals surface area contributed by atoms with Crippen molar-refractivity contribution in [3.05, 3.63) is 42.1 Å². The zero-order valence-corrected chi connectivity index (χ0v) is 16.6. The highest BCUT2D eigenvalue weighted by Crippen LogP contribution is 2.23. The van der Waals surface area contributed by atoms with Gasteiger partial charge >= 0.3 is 0 Å². The van der Waals surface area contributed by atoms with E-state index in [0.717, 1.165) is 25.5 Å². The van der Waals surface area contributed by atoms with Crippen LogP contribution in [-0.4, -0.2) is 42.4 Å². The van der Waals surface area contributed by atoms with Gasteiger partial charge in [0, 0.05) is 32.0 Å². The lowest BCUT2D eigenvalue weighted by Crippen LogP contribution is -2.49. The first-order chi connectivity index (χ1) is 13.4. The average Bonchev–Trinajstić information content (AvgIpc) is 3.14. The molecule has 2 heterocycles. The SMILES string of the molecule is C=CN(C)[C@H](CCCC)CC(=O)NC(=O)[C@@H]1CCCN1c1ccc(F)c[n+]1[O-]. The zero-order valence-electron chi connectivity index (χ0n) is 16.6. The Morgan fingerprint density at radius 3 is 2.93 bits per heavy atom. The number of aromatic nitrogens is 1. The molecule has 28 heavy (non-hydrogen) atoms. The first-order valence-electron chi connectivity index (χ1n) is 9.70. The quantitative estimate of drug-likeness (QED) is 0.514. The molecular weight excluding hydrogens is 363 g/mol. The number of anilines is 1. The standard InChI is InChI=1S/C20H29FN4O3/c1-4-6-8-16(23(3)5-2)13-18(26)22-20(27)17-9-7-12-24(17)19-11-10-15(21)14-25(19)28/h5,10-11,14,16-17H,2,4,6-9,12-13H2,1,3H3,(H,22,26,27)/t16-,17+/m1/s1. The number of carbonyl (C=O) groups excluding carboxylic acids is 2. The van der Waals surface area contributed by atoms with Gasteiger partial charge in [-0.05, 0) is 25.1 Å². The molecule has 1 aromatic heterocycles. The van der Waals surface area contributed by atoms with E-state index >= 15 is 0 Å². The minimum atomic E-state index is -0.640. The highest BCUT2D eigenvalue weighted by Gasteiger charge is 2.38. The molecule has 1 aliphatic rings. The highest BCUT2D eigenvalue weighted by molar-refractivity contribution is 5.99. The van der Waals surface area contributed by atoms with Crippen molar-refractivity contribution in [1.29, 1.82) is 0 Å². The average molecular weight is 392 g/mol. The van der Waals surface area contributed by atoms with Gasteiger partial charge < -0.3 is 10.1 Å². The molecule has 0 unspecified atom stereocenters. The number of halogens is 1. The number of imide groups is 1. The molecule has 2 atom stereocenters. The predicted octanol–water partition coefficient (Wildman–Crippen LogP) is 2.09. The van der Waals surface area contributed by atoms with Gasteiger partial charge in [0.05, 0.1) is 6.54 Å². The summed E-state index contributed by atoms with van der Waals surface area (Å²) in [6.45, 7) is 6.32. The van der Waals surface area contributed by atoms with E-state index in [4.69, 9.17) is 0 Å². The van der Waals surface area contributed by atoms with Gasteiger partial charge in [0.15, 0.2) is 11.9 Å². The van der Waals surface area contributed by atoms with Crippen LogP contribution in [0.2, 0.25) is 0 Å². The Kier molecular flexibility index (Phi) is 7.78. The molecule has 1 fully saturated rings. The van der Waals surface area contributed by atoms with Crippen LogP contribution in [0.4, 0.5) is 10.2 Å². The fraction of sp³-hybridized carbons (Fsp3) is 0.550. The molecule has 154 valence electrons. The van der Waals surface area contributed by atoms with E-state index in [9.17, 15) is 19.2 Å². The Morgan fingerprint density at radius 1 is 1.54 bits per heavy atom. The van der Waals surface area contributed by atoms with Gasteiger partial charge in [0.1, 0.15) is 6.20 Å². The molecule has 2 rings (SSSR count). The van der Waals surface area contributed by atoms with E-state index in [2.05, 4.69) is 18.8 Å². The van der Waals surface area contributed by atoms with E-state index in [1.807, 2.05) is 11.9 Å². The topological polar surface area (TPSA) is 79.6 Å². The molecule has 0 radical (unpaired) electrons. The number of amides is 2. The molecule has 0 spiro atoms. The smallest absolute Gasteiger partial charge is 0.280 e. The Labute approximate surface area is 165 Å². The number of pyridine rings is 1. The molecule has 8 heteroatoms. The second kappa shape index (κ2) is 10.1. The largest absolute Gasteiger partial charge is 0.711 e. The summed E-state index contributed by atoms with van der Waals surface area (Å²) in [4.78, 5) is 28.6. The van der Waals surface area contributed by atoms with Crippen molar-refractivity contribution in [2.45, 2.75) is 57.5 Å². The fourth-order valence-electron chi connectivity index (χ4n) is 3.51. The van der Waals surface area contributed by atoms with Crippen molar-refractivity contribution in [1.82, 2.24) is 10.2 Å². The summed E-state index contributed by atoms with van der Waals surface area (Å²) >= 11 is 0. The number of carbonyl (C=O) groups is 2. The van der Waals surface area contributed by atoms with E-state index in [1.165, 1.54) is 12.1 Å². The van der Waals surface area contributed by atoms with E-state index in [1.54, 1.807) is 11.1 Å². The monoisotopic (exact) mass is 392 g/mol. The van der Waals surface area contributed by atoms with E-state index in [0.29, 0.717) is 24.1 Å². The second-order valence-electron chi connectivity index (χ2n) is 7.14. The summed E-state index contributed by atoms with van der Waals surface area (Å²) in [5.41, 5.74) is 0. The van der Waals surface area contributed by atoms with Crippen molar-refractivity contribution >= 4 is 17.6 Å². The van der Waals surface area contributed by atoms with Crippen LogP contribution in [0.1, 0.15) is 45.4 Å². The summed E-state index contributed by atoms with van der Waals surface area (Å²) in [7, 11) is 1.86. The van der Waals surface area contributed by atoms with Crippen molar-refractivity contribution in [2.24, 2.45) is 0 Å². The molecule has 0 aliphatic carbocycles. The number of nitrogens with one attached hydrogen (secondary N) is 1. The first kappa shape index (κ1) is 21.7. The van der Waals surface area contributed by atoms with Crippen LogP contribution in [0.5, 0.6) is 0 Å². The van der Waals surface area contributed by atoms with Crippen molar-refractivity contribution < 1.29 is 18.7 Å². The minimum absolute atomic E-state index is 0.0224. The summed E-state index contributed by atoms with van der Waals surface area (Å²) in [6, 6.07) is 1.90. The third-order valence-electron chi connectivity index (χ3n) is 5.15. The number of rotatable bonds is 9. The first-order valence-corrected chi connectivity index (χ1v) is 9.70. The Bertz CT molecular complexity index is 713. The Balaban J connectivity index is 2.01. The van der Waals surface area contributed by atoms with Crippen LogP contribution in [0.3, 0.4) is 0 Å². The highest BCUT2D eigenvalue weighted by atomic mass is 19.1. The van der Waals surface area contributed by atoms with E-state index < -0.39 is 17.8 Å². The Hall–Kier alpha value is -2.64. The van der Waals surface area contributed by atoms with Crippen LogP contribution >= 0.6 is 0 Å². The van der Waals surface area contributed by atoms with Crippen LogP contribution in [0, 0.1) is 11.0 Å². The van der Waals surface area contributed by atoms with Gasteiger partial charge in [-0.3, -0.25) is 14.9 Å². The lowest BCUT2D eigenvalue weighted by Gasteiger charge is -2.26. The number of hydrogen-bond donors (Lipinski definition) is 1. The van der Waals surface area contributed by atoms with Gasteiger partial charge in [-0.2, -0.15) is 0 Å². The molecule has 1 aliphatic heterocycles. The van der Waals surface area contributed by atoms with Crippen LogP contribution < -0.4 is 14.9 Å². The van der Waals surface area contributed by atoms with Gasteiger partial charge in [0.2, 0.25) is 5.91 Å². The lowest BCUT2D eigenvalue weighted by molar-refractivity contribution is -0.594. The van der Waals surface area contributed by atoms with Gasteiger partial charge in [0.25, 0.3) is 11.7 Å². The van der Waals surface area contributed by atoms with Gasteiger partial charge in [-0.1, -0.05) is 26.3 Å². The third kappa shape index (κ3) is 5.43. The fourth-order valence-corrected chi connectivity index (χ4v) is 3.51. The number of hydrogen-bond acceptors (Lipinski definition) is 5. The van der Waals surface area contributed by atoms with Crippen molar-refractivity contribution in [2.75, 3.05) is 18.5 Å². The lowest BCUT2D eigenvalue weighted by atomic mass is 10.0. The molecular formula is C20H29FN4O3. The maximum absolute atomic E-state index is 13.2. The summed E-state index contributed by atoms with van der Waals surface area (Å²) < 4.78 is 13.6. The molecule has 1 N–H and O–H groups in total. The zero-order chi connectivity index (χ0) is 20.7. The molecule has 0 aromatic carbocycles. The molecule has 2 amide bonds. The summed E-state index contributed by atoms with van der Waals surface area (Å²) in [6.07, 6.45) is 6.78. The molecule has 1 aromatic rings. The maximum Gasteiger partial charge on any atom is 0.280 e. The molecule has 0 saturated carbocycles. The van der Waals surface area contributed by atoms with Crippen molar-refractivity contribution in [3.63, 3.8) is 0 Å². The number of unbranched alkanes of at least 4 members (excludes halogenated alkanes) is 1. The van der Waals surface area contributed by atoms with Crippen LogP contribution in [0.25, 0.3) is 0 Å². The van der Waals surface area contributed by atoms with E-state index in [-0.39, 0.29) is 24.2 Å². The van der Waals surface area contributed by atoms with Crippen LogP contribution in [0.15, 0.2) is 31.1 Å². The summed E-state index contributed by atoms with van der Waals surface area (Å²) in [5.74, 6) is -1.21. The van der Waals surface area contributed by atoms with Crippen LogP contribution in [-0.2, 0) is 9.59 Å². The predicted molar refractivity (Wildman–Crippen MR) is 105 cm³/mol. The number of nitrogens with zero attached hydrogens (tertiary/aromatic N) is 3. The summed E-state index contributed by atoms with van der Waals surface area (Å²) in [5, 5.41) is 14.5. The minimum Gasteiger partial charge on any atom is -0.711 e. The normalized spacial score (nSPS) is 17.2. The van der Waals surface area contributed by atoms with Crippen molar-refractivity contribution in [3.8, 4) is 0 Å². The molecule has 0 bridgehead atoms.